The molecule has 2 N–H and O–H groups in total. The molecule has 0 aliphatic heterocycles. The van der Waals surface area contributed by atoms with E-state index in [-0.39, 0.29) is 5.91 Å². The van der Waals surface area contributed by atoms with Gasteiger partial charge in [0.05, 0.1) is 24.5 Å². The molecule has 1 aliphatic carbocycles. The third kappa shape index (κ3) is 4.15. The molecule has 0 radical (unpaired) electrons. The zero-order valence-corrected chi connectivity index (χ0v) is 18.5. The Balaban J connectivity index is 1.54. The molecule has 2 heterocycles. The number of H-pyrrole nitrogens is 1. The van der Waals surface area contributed by atoms with Crippen molar-refractivity contribution in [1.29, 1.82) is 0 Å². The minimum atomic E-state index is -0.354. The lowest BCUT2D eigenvalue weighted by atomic mass is 9.97. The Kier molecular flexibility index (Phi) is 5.48. The number of rotatable bonds is 5. The highest BCUT2D eigenvalue weighted by Gasteiger charge is 2.17. The molecule has 0 saturated carbocycles. The number of para-hydroxylation sites is 1. The highest BCUT2D eigenvalue weighted by molar-refractivity contribution is 6.13. The number of carbonyl (C=O) groups excluding carboxylic acids is 1. The van der Waals surface area contributed by atoms with Gasteiger partial charge in [-0.05, 0) is 54.3 Å². The first kappa shape index (κ1) is 20.7. The van der Waals surface area contributed by atoms with Gasteiger partial charge in [0.25, 0.3) is 5.91 Å². The first-order valence-corrected chi connectivity index (χ1v) is 10.9. The Morgan fingerprint density at radius 2 is 2.00 bits per heavy atom. The molecule has 2 aromatic carbocycles. The predicted octanol–water partition coefficient (Wildman–Crippen LogP) is 5.63. The Morgan fingerprint density at radius 3 is 2.79 bits per heavy atom. The first-order chi connectivity index (χ1) is 16.1. The van der Waals surface area contributed by atoms with Gasteiger partial charge in [-0.2, -0.15) is 5.10 Å². The number of hydrazone groups is 1. The fourth-order valence-corrected chi connectivity index (χ4v) is 4.12. The van der Waals surface area contributed by atoms with Crippen LogP contribution >= 0.6 is 0 Å². The SMILES string of the molecule is COc1ccc(-c2nc(C(=O)N/N=C/C3=CC=CC(C)C3)cc3c2[nH]c2ccccc23)cc1. The van der Waals surface area contributed by atoms with Gasteiger partial charge in [0.15, 0.2) is 0 Å². The van der Waals surface area contributed by atoms with E-state index in [2.05, 4.69) is 28.5 Å². The van der Waals surface area contributed by atoms with Crippen molar-refractivity contribution in [2.75, 3.05) is 7.11 Å². The molecule has 1 amide bonds. The minimum absolute atomic E-state index is 0.307. The van der Waals surface area contributed by atoms with Crippen LogP contribution in [0.2, 0.25) is 0 Å². The van der Waals surface area contributed by atoms with Crippen LogP contribution in [0.5, 0.6) is 5.75 Å². The molecule has 0 spiro atoms. The maximum Gasteiger partial charge on any atom is 0.289 e. The fraction of sp³-hybridized carbons (Fsp3) is 0.148. The van der Waals surface area contributed by atoms with Crippen LogP contribution < -0.4 is 10.2 Å². The largest absolute Gasteiger partial charge is 0.497 e. The summed E-state index contributed by atoms with van der Waals surface area (Å²) in [4.78, 5) is 21.2. The molecule has 164 valence electrons. The first-order valence-electron chi connectivity index (χ1n) is 10.9. The number of nitrogens with one attached hydrogen (secondary N) is 2. The molecule has 1 atom stereocenters. The van der Waals surface area contributed by atoms with Gasteiger partial charge in [-0.15, -0.1) is 0 Å². The lowest BCUT2D eigenvalue weighted by Crippen LogP contribution is -2.19. The van der Waals surface area contributed by atoms with E-state index in [4.69, 9.17) is 9.72 Å². The summed E-state index contributed by atoms with van der Waals surface area (Å²) >= 11 is 0. The summed E-state index contributed by atoms with van der Waals surface area (Å²) < 4.78 is 5.29. The number of hydrogen-bond acceptors (Lipinski definition) is 4. The molecular formula is C27H24N4O2. The van der Waals surface area contributed by atoms with Gasteiger partial charge in [0.1, 0.15) is 11.4 Å². The molecule has 6 heteroatoms. The van der Waals surface area contributed by atoms with Crippen molar-refractivity contribution in [3.05, 3.63) is 84.1 Å². The fourth-order valence-electron chi connectivity index (χ4n) is 4.12. The number of fused-ring (bicyclic) bond motifs is 3. The van der Waals surface area contributed by atoms with Crippen LogP contribution in [0, 0.1) is 5.92 Å². The highest BCUT2D eigenvalue weighted by Crippen LogP contribution is 2.33. The van der Waals surface area contributed by atoms with Crippen LogP contribution in [-0.4, -0.2) is 29.2 Å². The summed E-state index contributed by atoms with van der Waals surface area (Å²) in [6.07, 6.45) is 8.78. The lowest BCUT2D eigenvalue weighted by molar-refractivity contribution is 0.0950. The van der Waals surface area contributed by atoms with Crippen LogP contribution in [0.15, 0.2) is 83.5 Å². The van der Waals surface area contributed by atoms with Crippen LogP contribution in [-0.2, 0) is 0 Å². The van der Waals surface area contributed by atoms with Crippen molar-refractivity contribution in [2.24, 2.45) is 11.0 Å². The number of amides is 1. The number of aromatic nitrogens is 2. The summed E-state index contributed by atoms with van der Waals surface area (Å²) in [5, 5.41) is 6.15. The van der Waals surface area contributed by atoms with Crippen molar-refractivity contribution in [2.45, 2.75) is 13.3 Å². The monoisotopic (exact) mass is 436 g/mol. The molecule has 4 aromatic rings. The van der Waals surface area contributed by atoms with Crippen molar-refractivity contribution < 1.29 is 9.53 Å². The summed E-state index contributed by atoms with van der Waals surface area (Å²) in [6.45, 7) is 2.15. The summed E-state index contributed by atoms with van der Waals surface area (Å²) in [6, 6.07) is 17.5. The zero-order valence-electron chi connectivity index (χ0n) is 18.5. The molecule has 0 bridgehead atoms. The van der Waals surface area contributed by atoms with Gasteiger partial charge in [-0.1, -0.05) is 43.4 Å². The number of nitrogens with zero attached hydrogens (tertiary/aromatic N) is 2. The van der Waals surface area contributed by atoms with E-state index in [0.29, 0.717) is 17.3 Å². The second kappa shape index (κ2) is 8.74. The van der Waals surface area contributed by atoms with Crippen molar-refractivity contribution >= 4 is 33.9 Å². The number of methoxy groups -OCH3 is 1. The van der Waals surface area contributed by atoms with E-state index < -0.39 is 0 Å². The Bertz CT molecular complexity index is 1430. The van der Waals surface area contributed by atoms with Crippen molar-refractivity contribution in [3.63, 3.8) is 0 Å². The average Bonchev–Trinajstić information content (AvgIpc) is 3.22. The summed E-state index contributed by atoms with van der Waals surface area (Å²) in [5.74, 6) is 0.870. The van der Waals surface area contributed by atoms with Gasteiger partial charge < -0.3 is 9.72 Å². The van der Waals surface area contributed by atoms with Crippen LogP contribution in [0.1, 0.15) is 23.8 Å². The molecule has 0 fully saturated rings. The molecule has 5 rings (SSSR count). The molecule has 2 aromatic heterocycles. The second-order valence-corrected chi connectivity index (χ2v) is 8.18. The number of ether oxygens (including phenoxy) is 1. The second-order valence-electron chi connectivity index (χ2n) is 8.18. The quantitative estimate of drug-likeness (QED) is 0.314. The van der Waals surface area contributed by atoms with E-state index in [9.17, 15) is 4.79 Å². The van der Waals surface area contributed by atoms with Gasteiger partial charge in [0.2, 0.25) is 0 Å². The Morgan fingerprint density at radius 1 is 1.18 bits per heavy atom. The normalized spacial score (nSPS) is 15.8. The molecule has 1 unspecified atom stereocenters. The van der Waals surface area contributed by atoms with E-state index in [1.807, 2.05) is 66.7 Å². The lowest BCUT2D eigenvalue weighted by Gasteiger charge is -2.10. The molecule has 1 aliphatic rings. The Labute approximate surface area is 191 Å². The molecule has 6 nitrogen and oxygen atoms in total. The number of allylic oxidation sites excluding steroid dienone is 4. The summed E-state index contributed by atoms with van der Waals surface area (Å²) in [7, 11) is 1.63. The van der Waals surface area contributed by atoms with E-state index in [1.54, 1.807) is 13.3 Å². The number of carbonyl (C=O) groups is 1. The third-order valence-electron chi connectivity index (χ3n) is 5.80. The molecule has 0 saturated heterocycles. The third-order valence-corrected chi connectivity index (χ3v) is 5.80. The molecular weight excluding hydrogens is 412 g/mol. The maximum atomic E-state index is 13.0. The summed E-state index contributed by atoms with van der Waals surface area (Å²) in [5.41, 5.74) is 7.48. The van der Waals surface area contributed by atoms with E-state index >= 15 is 0 Å². The number of benzene rings is 2. The Hall–Kier alpha value is -4.19. The van der Waals surface area contributed by atoms with Gasteiger partial charge >= 0.3 is 0 Å². The topological polar surface area (TPSA) is 79.4 Å². The smallest absolute Gasteiger partial charge is 0.289 e. The van der Waals surface area contributed by atoms with E-state index in [1.165, 1.54) is 0 Å². The van der Waals surface area contributed by atoms with Crippen molar-refractivity contribution in [1.82, 2.24) is 15.4 Å². The van der Waals surface area contributed by atoms with Gasteiger partial charge in [0, 0.05) is 21.9 Å². The van der Waals surface area contributed by atoms with Gasteiger partial charge in [-0.25, -0.2) is 10.4 Å². The zero-order chi connectivity index (χ0) is 22.8. The molecule has 33 heavy (non-hydrogen) atoms. The van der Waals surface area contributed by atoms with Crippen LogP contribution in [0.25, 0.3) is 33.1 Å². The average molecular weight is 437 g/mol. The predicted molar refractivity (Wildman–Crippen MR) is 133 cm³/mol. The minimum Gasteiger partial charge on any atom is -0.497 e. The van der Waals surface area contributed by atoms with Gasteiger partial charge in [-0.3, -0.25) is 4.79 Å². The van der Waals surface area contributed by atoms with E-state index in [0.717, 1.165) is 45.1 Å². The van der Waals surface area contributed by atoms with Crippen molar-refractivity contribution in [3.8, 4) is 17.0 Å². The highest BCUT2D eigenvalue weighted by atomic mass is 16.5. The standard InChI is InChI=1S/C27H24N4O2/c1-17-6-5-7-18(14-17)16-28-31-27(32)24-15-22-21-8-3-4-9-23(21)29-26(22)25(30-24)19-10-12-20(33-2)13-11-19/h3-13,15-17,29H,14H2,1-2H3,(H,31,32)/b28-16+. The maximum absolute atomic E-state index is 13.0. The van der Waals surface area contributed by atoms with Crippen LogP contribution in [0.4, 0.5) is 0 Å². The number of pyridine rings is 1. The number of aromatic amines is 1. The van der Waals surface area contributed by atoms with Crippen LogP contribution in [0.3, 0.4) is 0 Å². The number of hydrogen-bond donors (Lipinski definition) is 2.